The Morgan fingerprint density at radius 1 is 0.889 bits per heavy atom. The lowest BCUT2D eigenvalue weighted by atomic mass is 10.1. The highest BCUT2D eigenvalue weighted by Crippen LogP contribution is 2.23. The second kappa shape index (κ2) is 11.1. The molecule has 7 nitrogen and oxygen atoms in total. The minimum absolute atomic E-state index is 0.00566. The van der Waals surface area contributed by atoms with Gasteiger partial charge in [0.2, 0.25) is 5.91 Å². The zero-order valence-electron chi connectivity index (χ0n) is 19.6. The maximum Gasteiger partial charge on any atom is 0.251 e. The minimum Gasteiger partial charge on any atom is -0.345 e. The molecule has 0 atom stereocenters. The summed E-state index contributed by atoms with van der Waals surface area (Å²) in [7, 11) is 0. The van der Waals surface area contributed by atoms with Gasteiger partial charge in [0.05, 0.1) is 12.3 Å². The Hall–Kier alpha value is -4.05. The number of halogens is 2. The monoisotopic (exact) mass is 507 g/mol. The van der Waals surface area contributed by atoms with E-state index in [0.717, 1.165) is 22.9 Å². The molecule has 3 aromatic carbocycles. The lowest BCUT2D eigenvalue weighted by Gasteiger charge is -2.12. The predicted molar refractivity (Wildman–Crippen MR) is 134 cm³/mol. The van der Waals surface area contributed by atoms with Gasteiger partial charge in [0.1, 0.15) is 11.6 Å². The minimum atomic E-state index is -0.399. The van der Waals surface area contributed by atoms with Crippen molar-refractivity contribution in [3.8, 4) is 5.69 Å². The van der Waals surface area contributed by atoms with E-state index in [-0.39, 0.29) is 24.1 Å². The van der Waals surface area contributed by atoms with Gasteiger partial charge >= 0.3 is 0 Å². The Morgan fingerprint density at radius 3 is 2.22 bits per heavy atom. The van der Waals surface area contributed by atoms with Crippen molar-refractivity contribution in [2.24, 2.45) is 0 Å². The Bertz CT molecular complexity index is 1390. The van der Waals surface area contributed by atoms with Gasteiger partial charge in [-0.25, -0.2) is 8.78 Å². The van der Waals surface area contributed by atoms with Gasteiger partial charge < -0.3 is 10.6 Å². The van der Waals surface area contributed by atoms with E-state index < -0.39 is 11.6 Å². The molecule has 1 aromatic heterocycles. The third-order valence-electron chi connectivity index (χ3n) is 5.42. The van der Waals surface area contributed by atoms with Crippen molar-refractivity contribution in [1.29, 1.82) is 0 Å². The number of carbonyl (C=O) groups is 2. The number of aromatic nitrogens is 3. The zero-order valence-corrected chi connectivity index (χ0v) is 20.4. The molecule has 2 N–H and O–H groups in total. The number of hydrogen-bond donors (Lipinski definition) is 2. The second-order valence-electron chi connectivity index (χ2n) is 8.04. The van der Waals surface area contributed by atoms with Gasteiger partial charge in [-0.3, -0.25) is 14.2 Å². The molecule has 0 bridgehead atoms. The fraction of sp³-hybridized carbons (Fsp3) is 0.154. The quantitative estimate of drug-likeness (QED) is 0.334. The Labute approximate surface area is 210 Å². The highest BCUT2D eigenvalue weighted by Gasteiger charge is 2.17. The van der Waals surface area contributed by atoms with Gasteiger partial charge in [0.25, 0.3) is 5.91 Å². The van der Waals surface area contributed by atoms with Crippen LogP contribution in [-0.2, 0) is 11.3 Å². The Morgan fingerprint density at radius 2 is 1.56 bits per heavy atom. The van der Waals surface area contributed by atoms with Gasteiger partial charge in [0, 0.05) is 16.9 Å². The van der Waals surface area contributed by atoms with E-state index in [1.54, 1.807) is 22.8 Å². The van der Waals surface area contributed by atoms with E-state index in [0.29, 0.717) is 27.9 Å². The van der Waals surface area contributed by atoms with E-state index in [9.17, 15) is 18.4 Å². The van der Waals surface area contributed by atoms with Crippen molar-refractivity contribution >= 4 is 29.3 Å². The third-order valence-corrected chi connectivity index (χ3v) is 6.35. The summed E-state index contributed by atoms with van der Waals surface area (Å²) >= 11 is 1.13. The normalized spacial score (nSPS) is 10.8. The molecule has 0 aliphatic carbocycles. The average molecular weight is 508 g/mol. The molecule has 4 rings (SSSR count). The van der Waals surface area contributed by atoms with Crippen LogP contribution in [0.15, 0.2) is 71.9 Å². The molecule has 0 spiro atoms. The number of thioether (sulfide) groups is 1. The molecule has 184 valence electrons. The number of aryl methyl sites for hydroxylation is 2. The molecule has 2 amide bonds. The van der Waals surface area contributed by atoms with Crippen molar-refractivity contribution in [3.05, 3.63) is 101 Å². The number of amides is 2. The largest absolute Gasteiger partial charge is 0.345 e. The number of carbonyl (C=O) groups excluding carboxylic acids is 2. The summed E-state index contributed by atoms with van der Waals surface area (Å²) in [6.07, 6.45) is 0. The van der Waals surface area contributed by atoms with E-state index in [4.69, 9.17) is 0 Å². The summed E-state index contributed by atoms with van der Waals surface area (Å²) < 4.78 is 28.3. The first-order chi connectivity index (χ1) is 17.3. The van der Waals surface area contributed by atoms with E-state index in [1.165, 1.54) is 36.4 Å². The third kappa shape index (κ3) is 6.14. The molecule has 4 aromatic rings. The lowest BCUT2D eigenvalue weighted by Crippen LogP contribution is -2.24. The van der Waals surface area contributed by atoms with Gasteiger partial charge in [-0.2, -0.15) is 0 Å². The highest BCUT2D eigenvalue weighted by atomic mass is 32.2. The van der Waals surface area contributed by atoms with Crippen LogP contribution in [0.25, 0.3) is 5.69 Å². The summed E-state index contributed by atoms with van der Waals surface area (Å²) in [4.78, 5) is 25.1. The van der Waals surface area contributed by atoms with Gasteiger partial charge in [-0.15, -0.1) is 10.2 Å². The number of nitrogens with one attached hydrogen (secondary N) is 2. The first-order valence-corrected chi connectivity index (χ1v) is 12.0. The first kappa shape index (κ1) is 25.1. The SMILES string of the molecule is Cc1ccc(C(=O)NCc2nnc(SCC(=O)Nc3ccc(F)cc3)n2-c2ccc(F)cc2)cc1C. The van der Waals surface area contributed by atoms with E-state index >= 15 is 0 Å². The van der Waals surface area contributed by atoms with Crippen LogP contribution >= 0.6 is 11.8 Å². The topological polar surface area (TPSA) is 88.9 Å². The average Bonchev–Trinajstić information content (AvgIpc) is 3.27. The van der Waals surface area contributed by atoms with Crippen molar-refractivity contribution in [2.45, 2.75) is 25.5 Å². The van der Waals surface area contributed by atoms with Crippen LogP contribution in [0, 0.1) is 25.5 Å². The lowest BCUT2D eigenvalue weighted by molar-refractivity contribution is -0.113. The first-order valence-electron chi connectivity index (χ1n) is 11.0. The van der Waals surface area contributed by atoms with Crippen molar-refractivity contribution in [3.63, 3.8) is 0 Å². The van der Waals surface area contributed by atoms with Crippen molar-refractivity contribution < 1.29 is 18.4 Å². The van der Waals surface area contributed by atoms with Gasteiger partial charge in [-0.1, -0.05) is 17.8 Å². The standard InChI is InChI=1S/C26H23F2N5O2S/c1-16-3-4-18(13-17(16)2)25(35)29-14-23-31-32-26(33(23)22-11-7-20(28)8-12-22)36-15-24(34)30-21-9-5-19(27)6-10-21/h3-13H,14-15H2,1-2H3,(H,29,35)(H,30,34). The van der Waals surface area contributed by atoms with Crippen molar-refractivity contribution in [2.75, 3.05) is 11.1 Å². The van der Waals surface area contributed by atoms with Gasteiger partial charge in [-0.05, 0) is 85.6 Å². The predicted octanol–water partition coefficient (Wildman–Crippen LogP) is 4.82. The molecule has 10 heteroatoms. The van der Waals surface area contributed by atoms with Crippen LogP contribution in [-0.4, -0.2) is 32.3 Å². The van der Waals surface area contributed by atoms with Gasteiger partial charge in [0.15, 0.2) is 11.0 Å². The van der Waals surface area contributed by atoms with Crippen LogP contribution in [0.2, 0.25) is 0 Å². The molecule has 36 heavy (non-hydrogen) atoms. The molecule has 0 aliphatic heterocycles. The molecule has 0 saturated heterocycles. The molecule has 0 aliphatic rings. The molecule has 0 unspecified atom stereocenters. The van der Waals surface area contributed by atoms with Crippen LogP contribution < -0.4 is 10.6 Å². The van der Waals surface area contributed by atoms with Crippen LogP contribution in [0.3, 0.4) is 0 Å². The highest BCUT2D eigenvalue weighted by molar-refractivity contribution is 7.99. The summed E-state index contributed by atoms with van der Waals surface area (Å²) in [5, 5.41) is 14.3. The zero-order chi connectivity index (χ0) is 25.7. The van der Waals surface area contributed by atoms with Crippen LogP contribution in [0.4, 0.5) is 14.5 Å². The maximum absolute atomic E-state index is 13.5. The number of anilines is 1. The number of benzene rings is 3. The second-order valence-corrected chi connectivity index (χ2v) is 8.98. The van der Waals surface area contributed by atoms with E-state index in [1.807, 2.05) is 26.0 Å². The van der Waals surface area contributed by atoms with Crippen molar-refractivity contribution in [1.82, 2.24) is 20.1 Å². The van der Waals surface area contributed by atoms with Crippen LogP contribution in [0.5, 0.6) is 0 Å². The maximum atomic E-state index is 13.5. The number of nitrogens with zero attached hydrogens (tertiary/aromatic N) is 3. The summed E-state index contributed by atoms with van der Waals surface area (Å²) in [6.45, 7) is 3.98. The molecular formula is C26H23F2N5O2S. The molecule has 1 heterocycles. The Kier molecular flexibility index (Phi) is 7.74. The van der Waals surface area contributed by atoms with E-state index in [2.05, 4.69) is 20.8 Å². The fourth-order valence-electron chi connectivity index (χ4n) is 3.36. The summed E-state index contributed by atoms with van der Waals surface area (Å²) in [5.74, 6) is -0.952. The molecular weight excluding hydrogens is 484 g/mol. The Balaban J connectivity index is 1.50. The summed E-state index contributed by atoms with van der Waals surface area (Å²) in [5.41, 5.74) is 3.68. The smallest absolute Gasteiger partial charge is 0.251 e. The van der Waals surface area contributed by atoms with Crippen LogP contribution in [0.1, 0.15) is 27.3 Å². The summed E-state index contributed by atoms with van der Waals surface area (Å²) in [6, 6.07) is 16.6. The molecule has 0 saturated carbocycles. The molecule has 0 fully saturated rings. The number of rotatable bonds is 8. The number of hydrogen-bond acceptors (Lipinski definition) is 5. The fourth-order valence-corrected chi connectivity index (χ4v) is 4.13. The molecule has 0 radical (unpaired) electrons.